The topological polar surface area (TPSA) is 84.9 Å². The molecule has 0 saturated carbocycles. The summed E-state index contributed by atoms with van der Waals surface area (Å²) in [4.78, 5) is 27.6. The van der Waals surface area contributed by atoms with E-state index in [0.717, 1.165) is 19.6 Å². The summed E-state index contributed by atoms with van der Waals surface area (Å²) < 4.78 is 0. The maximum Gasteiger partial charge on any atom is 0.326 e. The Labute approximate surface area is 126 Å². The molecular weight excluding hydrogens is 272 g/mol. The van der Waals surface area contributed by atoms with E-state index < -0.39 is 23.5 Å². The number of rotatable bonds is 4. The van der Waals surface area contributed by atoms with Gasteiger partial charge in [-0.25, -0.2) is 9.59 Å². The Morgan fingerprint density at radius 1 is 1.29 bits per heavy atom. The molecule has 7 nitrogen and oxygen atoms in total. The molecule has 2 amide bonds. The van der Waals surface area contributed by atoms with Crippen LogP contribution in [0.3, 0.4) is 0 Å². The number of carbonyl (C=O) groups excluding carboxylic acids is 1. The van der Waals surface area contributed by atoms with Gasteiger partial charge in [-0.2, -0.15) is 0 Å². The predicted molar refractivity (Wildman–Crippen MR) is 81.3 cm³/mol. The van der Waals surface area contributed by atoms with Crippen molar-refractivity contribution in [1.29, 1.82) is 0 Å². The molecular formula is C14H28N4O3. The summed E-state index contributed by atoms with van der Waals surface area (Å²) in [5.41, 5.74) is -0.537. The number of carboxylic acid groups (broad SMARTS) is 1. The van der Waals surface area contributed by atoms with Crippen molar-refractivity contribution in [3.8, 4) is 0 Å². The fraction of sp³-hybridized carbons (Fsp3) is 0.857. The number of hydrogen-bond donors (Lipinski definition) is 3. The van der Waals surface area contributed by atoms with Crippen LogP contribution in [-0.4, -0.2) is 79.3 Å². The third-order valence-electron chi connectivity index (χ3n) is 3.87. The first kappa shape index (κ1) is 17.7. The molecule has 1 fully saturated rings. The predicted octanol–water partition coefficient (Wildman–Crippen LogP) is 0.0307. The SMILES string of the molecule is CN1CCN(C)C(CNC(=O)N[C@H](C(=O)O)C(C)(C)C)C1. The highest BCUT2D eigenvalue weighted by Crippen LogP contribution is 2.19. The van der Waals surface area contributed by atoms with Crippen LogP contribution in [0.5, 0.6) is 0 Å². The molecule has 1 unspecified atom stereocenters. The van der Waals surface area contributed by atoms with Crippen LogP contribution in [0.2, 0.25) is 0 Å². The fourth-order valence-electron chi connectivity index (χ4n) is 2.36. The van der Waals surface area contributed by atoms with E-state index in [9.17, 15) is 14.7 Å². The Balaban J connectivity index is 2.48. The Morgan fingerprint density at radius 2 is 1.90 bits per heavy atom. The van der Waals surface area contributed by atoms with Gasteiger partial charge in [0, 0.05) is 32.2 Å². The van der Waals surface area contributed by atoms with Crippen molar-refractivity contribution in [3.05, 3.63) is 0 Å². The lowest BCUT2D eigenvalue weighted by Crippen LogP contribution is -2.57. The number of hydrogen-bond acceptors (Lipinski definition) is 4. The van der Waals surface area contributed by atoms with Gasteiger partial charge < -0.3 is 20.6 Å². The van der Waals surface area contributed by atoms with Crippen molar-refractivity contribution in [2.45, 2.75) is 32.9 Å². The number of amides is 2. The maximum absolute atomic E-state index is 11.9. The summed E-state index contributed by atoms with van der Waals surface area (Å²) in [7, 11) is 4.09. The molecule has 0 aromatic heterocycles. The average Bonchev–Trinajstić information content (AvgIpc) is 2.35. The minimum Gasteiger partial charge on any atom is -0.480 e. The summed E-state index contributed by atoms with van der Waals surface area (Å²) in [6.45, 7) is 8.73. The van der Waals surface area contributed by atoms with Crippen LogP contribution in [-0.2, 0) is 4.79 Å². The molecule has 2 atom stereocenters. The van der Waals surface area contributed by atoms with Gasteiger partial charge in [-0.05, 0) is 19.5 Å². The lowest BCUT2D eigenvalue weighted by Gasteiger charge is -2.37. The molecule has 0 spiro atoms. The molecule has 1 aliphatic heterocycles. The molecule has 0 aromatic carbocycles. The summed E-state index contributed by atoms with van der Waals surface area (Å²) in [5, 5.41) is 14.5. The van der Waals surface area contributed by atoms with E-state index in [0.29, 0.717) is 6.54 Å². The zero-order valence-electron chi connectivity index (χ0n) is 13.6. The lowest BCUT2D eigenvalue weighted by molar-refractivity contribution is -0.141. The first-order valence-electron chi connectivity index (χ1n) is 7.27. The molecule has 1 saturated heterocycles. The zero-order chi connectivity index (χ0) is 16.2. The van der Waals surface area contributed by atoms with Gasteiger partial charge in [-0.1, -0.05) is 20.8 Å². The summed E-state index contributed by atoms with van der Waals surface area (Å²) in [6.07, 6.45) is 0. The van der Waals surface area contributed by atoms with Crippen molar-refractivity contribution in [2.24, 2.45) is 5.41 Å². The van der Waals surface area contributed by atoms with Crippen LogP contribution in [0.15, 0.2) is 0 Å². The van der Waals surface area contributed by atoms with Gasteiger partial charge in [0.15, 0.2) is 0 Å². The molecule has 3 N–H and O–H groups in total. The van der Waals surface area contributed by atoms with E-state index in [2.05, 4.69) is 27.5 Å². The minimum atomic E-state index is -1.02. The first-order chi connectivity index (χ1) is 9.61. The number of nitrogens with zero attached hydrogens (tertiary/aromatic N) is 2. The molecule has 0 radical (unpaired) electrons. The summed E-state index contributed by atoms with van der Waals surface area (Å²) in [5.74, 6) is -1.02. The molecule has 1 aliphatic rings. The van der Waals surface area contributed by atoms with Gasteiger partial charge in [0.05, 0.1) is 0 Å². The maximum atomic E-state index is 11.9. The number of aliphatic carboxylic acids is 1. The second-order valence-electron chi connectivity index (χ2n) is 6.89. The zero-order valence-corrected chi connectivity index (χ0v) is 13.6. The molecule has 0 aromatic rings. The van der Waals surface area contributed by atoms with Gasteiger partial charge >= 0.3 is 12.0 Å². The molecule has 21 heavy (non-hydrogen) atoms. The van der Waals surface area contributed by atoms with Crippen LogP contribution < -0.4 is 10.6 Å². The third kappa shape index (κ3) is 5.51. The molecule has 0 aliphatic carbocycles. The second-order valence-corrected chi connectivity index (χ2v) is 6.89. The quantitative estimate of drug-likeness (QED) is 0.682. The molecule has 1 heterocycles. The molecule has 122 valence electrons. The average molecular weight is 300 g/mol. The van der Waals surface area contributed by atoms with Crippen LogP contribution in [0.25, 0.3) is 0 Å². The normalized spacial score (nSPS) is 22.6. The Kier molecular flexibility index (Phi) is 5.98. The van der Waals surface area contributed by atoms with E-state index in [1.807, 2.05) is 7.05 Å². The lowest BCUT2D eigenvalue weighted by atomic mass is 9.87. The summed E-state index contributed by atoms with van der Waals surface area (Å²) >= 11 is 0. The smallest absolute Gasteiger partial charge is 0.326 e. The number of nitrogens with one attached hydrogen (secondary N) is 2. The highest BCUT2D eigenvalue weighted by molar-refractivity contribution is 5.83. The van der Waals surface area contributed by atoms with E-state index in [1.165, 1.54) is 0 Å². The highest BCUT2D eigenvalue weighted by atomic mass is 16.4. The summed E-state index contributed by atoms with van der Waals surface area (Å²) in [6, 6.07) is -1.10. The minimum absolute atomic E-state index is 0.243. The van der Waals surface area contributed by atoms with Crippen molar-refractivity contribution >= 4 is 12.0 Å². The van der Waals surface area contributed by atoms with E-state index >= 15 is 0 Å². The monoisotopic (exact) mass is 300 g/mol. The second kappa shape index (κ2) is 7.09. The Morgan fingerprint density at radius 3 is 2.43 bits per heavy atom. The highest BCUT2D eigenvalue weighted by Gasteiger charge is 2.32. The molecule has 7 heteroatoms. The Hall–Kier alpha value is -1.34. The van der Waals surface area contributed by atoms with Gasteiger partial charge in [0.1, 0.15) is 6.04 Å². The van der Waals surface area contributed by atoms with Crippen molar-refractivity contribution in [2.75, 3.05) is 40.3 Å². The van der Waals surface area contributed by atoms with Crippen molar-refractivity contribution in [3.63, 3.8) is 0 Å². The van der Waals surface area contributed by atoms with Gasteiger partial charge in [0.2, 0.25) is 0 Å². The van der Waals surface area contributed by atoms with Gasteiger partial charge in [-0.3, -0.25) is 4.90 Å². The van der Waals surface area contributed by atoms with Crippen molar-refractivity contribution < 1.29 is 14.7 Å². The number of carboxylic acids is 1. The van der Waals surface area contributed by atoms with E-state index in [-0.39, 0.29) is 6.04 Å². The van der Waals surface area contributed by atoms with E-state index in [4.69, 9.17) is 0 Å². The largest absolute Gasteiger partial charge is 0.480 e. The van der Waals surface area contributed by atoms with E-state index in [1.54, 1.807) is 20.8 Å². The van der Waals surface area contributed by atoms with Crippen LogP contribution in [0.4, 0.5) is 4.79 Å². The first-order valence-corrected chi connectivity index (χ1v) is 7.27. The molecule has 1 rings (SSSR count). The van der Waals surface area contributed by atoms with Crippen LogP contribution in [0.1, 0.15) is 20.8 Å². The third-order valence-corrected chi connectivity index (χ3v) is 3.87. The van der Waals surface area contributed by atoms with Crippen LogP contribution >= 0.6 is 0 Å². The van der Waals surface area contributed by atoms with Crippen LogP contribution in [0, 0.1) is 5.41 Å². The fourth-order valence-corrected chi connectivity index (χ4v) is 2.36. The molecule has 0 bridgehead atoms. The van der Waals surface area contributed by atoms with Crippen molar-refractivity contribution in [1.82, 2.24) is 20.4 Å². The standard InChI is InChI=1S/C14H28N4O3/c1-14(2,3)11(12(19)20)16-13(21)15-8-10-9-17(4)6-7-18(10)5/h10-11H,6-9H2,1-5H3,(H,19,20)(H2,15,16,21)/t10?,11-/m1/s1. The number of carbonyl (C=O) groups is 2. The van der Waals surface area contributed by atoms with Gasteiger partial charge in [0.25, 0.3) is 0 Å². The number of urea groups is 1. The number of piperazine rings is 1. The Bertz CT molecular complexity index is 381. The van der Waals surface area contributed by atoms with Gasteiger partial charge in [-0.15, -0.1) is 0 Å². The number of likely N-dealkylation sites (N-methyl/N-ethyl adjacent to an activating group) is 2.